The Balaban J connectivity index is 2.16. The van der Waals surface area contributed by atoms with Gasteiger partial charge in [-0.25, -0.2) is 0 Å². The van der Waals surface area contributed by atoms with Gasteiger partial charge in [0.25, 0.3) is 5.91 Å². The molecule has 0 saturated heterocycles. The third-order valence-electron chi connectivity index (χ3n) is 2.63. The molecule has 1 aromatic heterocycles. The summed E-state index contributed by atoms with van der Waals surface area (Å²) in [6, 6.07) is 11.1. The van der Waals surface area contributed by atoms with Crippen molar-refractivity contribution >= 4 is 33.2 Å². The van der Waals surface area contributed by atoms with Gasteiger partial charge < -0.3 is 10.6 Å². The molecule has 0 fully saturated rings. The molecule has 0 radical (unpaired) electrons. The van der Waals surface area contributed by atoms with Crippen LogP contribution in [0.15, 0.2) is 47.1 Å². The molecule has 0 bridgehead atoms. The minimum atomic E-state index is -0.237. The van der Waals surface area contributed by atoms with Crippen LogP contribution < -0.4 is 10.6 Å². The maximum absolute atomic E-state index is 12.3. The van der Waals surface area contributed by atoms with Crippen molar-refractivity contribution in [3.05, 3.63) is 52.8 Å². The summed E-state index contributed by atoms with van der Waals surface area (Å²) in [6.45, 7) is 6.19. The summed E-state index contributed by atoms with van der Waals surface area (Å²) in [5.74, 6) is -0.237. The lowest BCUT2D eigenvalue weighted by atomic mass is 10.1. The zero-order valence-corrected chi connectivity index (χ0v) is 13.9. The fourth-order valence-electron chi connectivity index (χ4n) is 1.81. The predicted molar refractivity (Wildman–Crippen MR) is 89.7 cm³/mol. The number of carbonyl (C=O) groups is 1. The first-order valence-electron chi connectivity index (χ1n) is 6.65. The molecule has 4 nitrogen and oxygen atoms in total. The van der Waals surface area contributed by atoms with Crippen LogP contribution in [0.4, 0.5) is 11.4 Å². The number of hydrogen-bond acceptors (Lipinski definition) is 3. The normalized spacial score (nSPS) is 11.0. The van der Waals surface area contributed by atoms with E-state index in [9.17, 15) is 4.79 Å². The molecule has 1 heterocycles. The van der Waals surface area contributed by atoms with Crippen LogP contribution in [0.25, 0.3) is 0 Å². The summed E-state index contributed by atoms with van der Waals surface area (Å²) in [5.41, 5.74) is 1.89. The van der Waals surface area contributed by atoms with E-state index in [0.29, 0.717) is 5.69 Å². The second-order valence-corrected chi connectivity index (χ2v) is 6.59. The highest BCUT2D eigenvalue weighted by molar-refractivity contribution is 9.10. The van der Waals surface area contributed by atoms with Crippen molar-refractivity contribution in [2.24, 2.45) is 0 Å². The molecular weight excluding hydrogens is 330 g/mol. The van der Waals surface area contributed by atoms with Gasteiger partial charge in [-0.15, -0.1) is 0 Å². The second-order valence-electron chi connectivity index (χ2n) is 5.74. The molecule has 110 valence electrons. The van der Waals surface area contributed by atoms with Crippen LogP contribution in [0.2, 0.25) is 0 Å². The average molecular weight is 348 g/mol. The predicted octanol–water partition coefficient (Wildman–Crippen LogP) is 4.31. The lowest BCUT2D eigenvalue weighted by molar-refractivity contribution is 0.102. The van der Waals surface area contributed by atoms with E-state index in [4.69, 9.17) is 0 Å². The van der Waals surface area contributed by atoms with Crippen molar-refractivity contribution in [3.63, 3.8) is 0 Å². The molecule has 0 saturated carbocycles. The van der Waals surface area contributed by atoms with Gasteiger partial charge in [0, 0.05) is 21.9 Å². The number of hydrogen-bond donors (Lipinski definition) is 2. The molecule has 21 heavy (non-hydrogen) atoms. The zero-order valence-electron chi connectivity index (χ0n) is 12.3. The summed E-state index contributed by atoms with van der Waals surface area (Å²) in [7, 11) is 0. The molecule has 0 unspecified atom stereocenters. The first-order valence-corrected chi connectivity index (χ1v) is 7.44. The molecule has 2 rings (SSSR count). The van der Waals surface area contributed by atoms with Crippen molar-refractivity contribution in [2.45, 2.75) is 26.3 Å². The number of amides is 1. The van der Waals surface area contributed by atoms with Crippen molar-refractivity contribution in [2.75, 3.05) is 10.6 Å². The van der Waals surface area contributed by atoms with Gasteiger partial charge >= 0.3 is 0 Å². The van der Waals surface area contributed by atoms with E-state index in [2.05, 4.69) is 52.3 Å². The lowest BCUT2D eigenvalue weighted by Gasteiger charge is -2.22. The molecule has 0 aliphatic heterocycles. The van der Waals surface area contributed by atoms with Crippen LogP contribution in [0.3, 0.4) is 0 Å². The average Bonchev–Trinajstić information content (AvgIpc) is 2.39. The minimum Gasteiger partial charge on any atom is -0.380 e. The number of nitrogens with zero attached hydrogens (tertiary/aromatic N) is 1. The number of aromatic nitrogens is 1. The number of carbonyl (C=O) groups excluding carboxylic acids is 1. The van der Waals surface area contributed by atoms with Gasteiger partial charge in [-0.1, -0.05) is 12.1 Å². The molecular formula is C16H18BrN3O. The Morgan fingerprint density at radius 3 is 2.57 bits per heavy atom. The molecule has 1 amide bonds. The first-order chi connectivity index (χ1) is 9.85. The fourth-order valence-corrected chi connectivity index (χ4v) is 2.20. The number of benzene rings is 1. The van der Waals surface area contributed by atoms with Crippen LogP contribution in [0.1, 0.15) is 31.3 Å². The van der Waals surface area contributed by atoms with E-state index in [1.165, 1.54) is 0 Å². The topological polar surface area (TPSA) is 54.0 Å². The van der Waals surface area contributed by atoms with Gasteiger partial charge in [0.15, 0.2) is 0 Å². The lowest BCUT2D eigenvalue weighted by Crippen LogP contribution is -2.26. The summed E-state index contributed by atoms with van der Waals surface area (Å²) in [4.78, 5) is 16.4. The Kier molecular flexibility index (Phi) is 4.63. The van der Waals surface area contributed by atoms with E-state index in [1.807, 2.05) is 30.3 Å². The highest BCUT2D eigenvalue weighted by atomic mass is 79.9. The van der Waals surface area contributed by atoms with Gasteiger partial charge in [-0.2, -0.15) is 0 Å². The zero-order chi connectivity index (χ0) is 15.5. The quantitative estimate of drug-likeness (QED) is 0.869. The van der Waals surface area contributed by atoms with Gasteiger partial charge in [0.1, 0.15) is 5.69 Å². The largest absolute Gasteiger partial charge is 0.380 e. The first kappa shape index (κ1) is 15.5. The van der Waals surface area contributed by atoms with Gasteiger partial charge in [0.05, 0.1) is 5.69 Å². The fraction of sp³-hybridized carbons (Fsp3) is 0.250. The van der Waals surface area contributed by atoms with Crippen molar-refractivity contribution in [1.82, 2.24) is 4.98 Å². The molecule has 5 heteroatoms. The SMILES string of the molecule is CC(C)(C)Nc1ccnc(C(=O)Nc2ccccc2Br)c1. The van der Waals surface area contributed by atoms with E-state index < -0.39 is 0 Å². The van der Waals surface area contributed by atoms with E-state index in [0.717, 1.165) is 15.8 Å². The maximum Gasteiger partial charge on any atom is 0.274 e. The summed E-state index contributed by atoms with van der Waals surface area (Å²) in [5, 5.41) is 6.16. The van der Waals surface area contributed by atoms with E-state index in [1.54, 1.807) is 12.3 Å². The van der Waals surface area contributed by atoms with Crippen molar-refractivity contribution in [3.8, 4) is 0 Å². The molecule has 1 aromatic carbocycles. The molecule has 0 spiro atoms. The van der Waals surface area contributed by atoms with Crippen LogP contribution in [0, 0.1) is 0 Å². The second kappa shape index (κ2) is 6.26. The van der Waals surface area contributed by atoms with Gasteiger partial charge in [-0.3, -0.25) is 9.78 Å². The number of pyridine rings is 1. The van der Waals surface area contributed by atoms with Gasteiger partial charge in [0.2, 0.25) is 0 Å². The molecule has 2 aromatic rings. The van der Waals surface area contributed by atoms with Crippen LogP contribution >= 0.6 is 15.9 Å². The standard InChI is InChI=1S/C16H18BrN3O/c1-16(2,3)20-11-8-9-18-14(10-11)15(21)19-13-7-5-4-6-12(13)17/h4-10H,1-3H3,(H,18,20)(H,19,21). The number of anilines is 2. The Morgan fingerprint density at radius 1 is 1.19 bits per heavy atom. The highest BCUT2D eigenvalue weighted by Gasteiger charge is 2.13. The van der Waals surface area contributed by atoms with Crippen LogP contribution in [-0.4, -0.2) is 16.4 Å². The summed E-state index contributed by atoms with van der Waals surface area (Å²) in [6.07, 6.45) is 1.63. The molecule has 2 N–H and O–H groups in total. The van der Waals surface area contributed by atoms with Crippen LogP contribution in [-0.2, 0) is 0 Å². The van der Waals surface area contributed by atoms with Crippen LogP contribution in [0.5, 0.6) is 0 Å². The number of nitrogens with one attached hydrogen (secondary N) is 2. The monoisotopic (exact) mass is 347 g/mol. The number of para-hydroxylation sites is 1. The Labute approximate surface area is 133 Å². The highest BCUT2D eigenvalue weighted by Crippen LogP contribution is 2.22. The Bertz CT molecular complexity index is 650. The van der Waals surface area contributed by atoms with Crippen molar-refractivity contribution < 1.29 is 4.79 Å². The molecule has 0 aliphatic carbocycles. The Hall–Kier alpha value is -1.88. The summed E-state index contributed by atoms with van der Waals surface area (Å²) < 4.78 is 0.835. The van der Waals surface area contributed by atoms with E-state index >= 15 is 0 Å². The summed E-state index contributed by atoms with van der Waals surface area (Å²) >= 11 is 3.40. The number of rotatable bonds is 3. The maximum atomic E-state index is 12.3. The molecule has 0 aliphatic rings. The smallest absolute Gasteiger partial charge is 0.274 e. The van der Waals surface area contributed by atoms with Gasteiger partial charge in [-0.05, 0) is 61.0 Å². The Morgan fingerprint density at radius 2 is 1.90 bits per heavy atom. The molecule has 0 atom stereocenters. The minimum absolute atomic E-state index is 0.0719. The third kappa shape index (κ3) is 4.56. The third-order valence-corrected chi connectivity index (χ3v) is 3.33. The van der Waals surface area contributed by atoms with E-state index in [-0.39, 0.29) is 11.4 Å². The number of halogens is 1. The van der Waals surface area contributed by atoms with Crippen molar-refractivity contribution in [1.29, 1.82) is 0 Å².